The van der Waals surface area contributed by atoms with Crippen molar-refractivity contribution in [3.63, 3.8) is 0 Å². The summed E-state index contributed by atoms with van der Waals surface area (Å²) in [4.78, 5) is 28.4. The van der Waals surface area contributed by atoms with Gasteiger partial charge in [0.1, 0.15) is 0 Å². The van der Waals surface area contributed by atoms with E-state index in [0.717, 1.165) is 24.3 Å². The van der Waals surface area contributed by atoms with Crippen LogP contribution in [0.2, 0.25) is 0 Å². The molecule has 0 unspecified atom stereocenters. The third-order valence-electron chi connectivity index (χ3n) is 3.17. The number of hydrogen-bond acceptors (Lipinski definition) is 9. The number of benzene rings is 3. The Hall–Kier alpha value is -2.74. The van der Waals surface area contributed by atoms with Crippen LogP contribution in [0.4, 0.5) is 17.1 Å². The van der Waals surface area contributed by atoms with Crippen LogP contribution in [0, 0.1) is 30.3 Å². The van der Waals surface area contributed by atoms with Crippen LogP contribution in [0.1, 0.15) is 0 Å². The van der Waals surface area contributed by atoms with Crippen LogP contribution in [0.15, 0.2) is 72.8 Å². The molecule has 3 aromatic rings. The van der Waals surface area contributed by atoms with Crippen molar-refractivity contribution in [1.29, 1.82) is 0 Å². The van der Waals surface area contributed by atoms with E-state index in [1.165, 1.54) is 48.5 Å². The minimum Gasteiger partial charge on any atom is -0.872 e. The molecule has 156 valence electrons. The van der Waals surface area contributed by atoms with Gasteiger partial charge in [-0.15, -0.1) is 11.5 Å². The summed E-state index contributed by atoms with van der Waals surface area (Å²) >= 11 is 0. The first-order valence-corrected chi connectivity index (χ1v) is 7.87. The fourth-order valence-corrected chi connectivity index (χ4v) is 1.75. The standard InChI is InChI=1S/3C6H5NO3.2Na/c2*8-6-3-1-5(2-4-6)7(9)10;8-6-4-2-1-3-5(6)7(9)10;;/h3*1-4,8H;;/q;;;2*+1/p-2. The Bertz CT molecular complexity index is 961. The van der Waals surface area contributed by atoms with Crippen LogP contribution in [0.25, 0.3) is 0 Å². The molecule has 14 heteroatoms. The number of hydrogen-bond donors (Lipinski definition) is 1. The minimum absolute atomic E-state index is 0. The number of phenols is 1. The maximum absolute atomic E-state index is 10.4. The maximum atomic E-state index is 10.4. The average Bonchev–Trinajstić information content (AvgIpc) is 2.70. The number of nitro benzene ring substituents is 3. The quantitative estimate of drug-likeness (QED) is 0.235. The van der Waals surface area contributed by atoms with Crippen molar-refractivity contribution in [2.24, 2.45) is 0 Å². The van der Waals surface area contributed by atoms with Crippen molar-refractivity contribution < 1.29 is 89.2 Å². The summed E-state index contributed by atoms with van der Waals surface area (Å²) in [5, 5.41) is 59.8. The van der Waals surface area contributed by atoms with Gasteiger partial charge in [-0.05, 0) is 6.07 Å². The molecule has 0 aliphatic rings. The molecule has 32 heavy (non-hydrogen) atoms. The summed E-state index contributed by atoms with van der Waals surface area (Å²) in [7, 11) is 0. The average molecular weight is 461 g/mol. The molecule has 0 heterocycles. The molecule has 0 bridgehead atoms. The molecule has 12 nitrogen and oxygen atoms in total. The second-order valence-corrected chi connectivity index (χ2v) is 5.25. The van der Waals surface area contributed by atoms with Gasteiger partial charge in [-0.25, -0.2) is 0 Å². The molecule has 0 radical (unpaired) electrons. The molecule has 0 spiro atoms. The van der Waals surface area contributed by atoms with Crippen molar-refractivity contribution >= 4 is 17.1 Å². The summed E-state index contributed by atoms with van der Waals surface area (Å²) in [5.41, 5.74) is -0.373. The van der Waals surface area contributed by atoms with Gasteiger partial charge >= 0.3 is 64.8 Å². The summed E-state index contributed by atoms with van der Waals surface area (Å²) in [6, 6.07) is 14.9. The number of rotatable bonds is 3. The van der Waals surface area contributed by atoms with Gasteiger partial charge in [0.15, 0.2) is 5.75 Å². The normalized spacial score (nSPS) is 8.62. The SMILES string of the molecule is O=[N+]([O-])c1ccc([O-])cc1.O=[N+]([O-])c1ccc([O-])cc1.O=[N+]([O-])c1ccccc1O.[Na+].[Na+]. The zero-order chi connectivity index (χ0) is 22.7. The van der Waals surface area contributed by atoms with Crippen molar-refractivity contribution in [3.8, 4) is 17.2 Å². The van der Waals surface area contributed by atoms with E-state index >= 15 is 0 Å². The van der Waals surface area contributed by atoms with Crippen LogP contribution in [0.5, 0.6) is 17.2 Å². The molecule has 0 atom stereocenters. The Balaban J connectivity index is 0. The van der Waals surface area contributed by atoms with E-state index < -0.39 is 14.8 Å². The second kappa shape index (κ2) is 16.0. The van der Waals surface area contributed by atoms with Crippen LogP contribution in [-0.4, -0.2) is 19.9 Å². The molecule has 0 saturated carbocycles. The zero-order valence-corrected chi connectivity index (χ0v) is 21.0. The summed E-state index contributed by atoms with van der Waals surface area (Å²) in [6.07, 6.45) is 0. The number of non-ortho nitro benzene ring substituents is 2. The van der Waals surface area contributed by atoms with E-state index in [-0.39, 0.29) is 93.4 Å². The molecule has 0 aliphatic heterocycles. The van der Waals surface area contributed by atoms with Gasteiger partial charge in [-0.3, -0.25) is 30.3 Å². The minimum atomic E-state index is -0.630. The van der Waals surface area contributed by atoms with E-state index in [4.69, 9.17) is 5.11 Å². The summed E-state index contributed by atoms with van der Waals surface area (Å²) in [5.74, 6) is -0.733. The number of aromatic hydroxyl groups is 1. The number of nitrogens with zero attached hydrogens (tertiary/aromatic N) is 3. The first-order valence-electron chi connectivity index (χ1n) is 7.87. The predicted molar refractivity (Wildman–Crippen MR) is 99.8 cm³/mol. The van der Waals surface area contributed by atoms with Crippen LogP contribution >= 0.6 is 0 Å². The maximum Gasteiger partial charge on any atom is 1.00 e. The van der Waals surface area contributed by atoms with E-state index in [1.807, 2.05) is 0 Å². The Morgan fingerprint density at radius 2 is 0.906 bits per heavy atom. The topological polar surface area (TPSA) is 196 Å². The molecular formula is C18H13N3Na2O9. The van der Waals surface area contributed by atoms with Crippen molar-refractivity contribution in [3.05, 3.63) is 103 Å². The van der Waals surface area contributed by atoms with E-state index in [9.17, 15) is 40.6 Å². The number of nitro groups is 3. The van der Waals surface area contributed by atoms with Gasteiger partial charge < -0.3 is 15.3 Å². The van der Waals surface area contributed by atoms with Crippen molar-refractivity contribution in [1.82, 2.24) is 0 Å². The molecule has 3 aromatic carbocycles. The summed E-state index contributed by atoms with van der Waals surface area (Å²) < 4.78 is 0. The molecule has 0 aliphatic carbocycles. The van der Waals surface area contributed by atoms with E-state index in [0.29, 0.717) is 0 Å². The molecule has 0 fully saturated rings. The summed E-state index contributed by atoms with van der Waals surface area (Å²) in [6.45, 7) is 0. The van der Waals surface area contributed by atoms with Crippen LogP contribution in [-0.2, 0) is 0 Å². The molecule has 0 aromatic heterocycles. The van der Waals surface area contributed by atoms with Crippen LogP contribution in [0.3, 0.4) is 0 Å². The van der Waals surface area contributed by atoms with E-state index in [1.54, 1.807) is 0 Å². The largest absolute Gasteiger partial charge is 1.00 e. The Morgan fingerprint density at radius 3 is 1.16 bits per heavy atom. The third kappa shape index (κ3) is 11.6. The fourth-order valence-electron chi connectivity index (χ4n) is 1.75. The van der Waals surface area contributed by atoms with Crippen molar-refractivity contribution in [2.75, 3.05) is 0 Å². The molecule has 0 saturated heterocycles. The molecule has 3 rings (SSSR count). The van der Waals surface area contributed by atoms with Gasteiger partial charge in [0.25, 0.3) is 11.4 Å². The fraction of sp³-hybridized carbons (Fsp3) is 0. The Kier molecular flexibility index (Phi) is 15.7. The third-order valence-corrected chi connectivity index (χ3v) is 3.17. The van der Waals surface area contributed by atoms with Gasteiger partial charge in [0, 0.05) is 30.3 Å². The monoisotopic (exact) mass is 461 g/mol. The van der Waals surface area contributed by atoms with Crippen LogP contribution < -0.4 is 69.3 Å². The number of phenolic OH excluding ortho intramolecular Hbond substituents is 1. The molecule has 0 amide bonds. The van der Waals surface area contributed by atoms with E-state index in [2.05, 4.69) is 0 Å². The van der Waals surface area contributed by atoms with Gasteiger partial charge in [-0.1, -0.05) is 36.4 Å². The molecule has 1 N–H and O–H groups in total. The van der Waals surface area contributed by atoms with Gasteiger partial charge in [-0.2, -0.15) is 0 Å². The first kappa shape index (κ1) is 31.4. The van der Waals surface area contributed by atoms with Gasteiger partial charge in [0.05, 0.1) is 14.8 Å². The van der Waals surface area contributed by atoms with Gasteiger partial charge in [0.2, 0.25) is 0 Å². The second-order valence-electron chi connectivity index (χ2n) is 5.25. The zero-order valence-electron chi connectivity index (χ0n) is 17.0. The Morgan fingerprint density at radius 1 is 0.562 bits per heavy atom. The molecular weight excluding hydrogens is 448 g/mol. The predicted octanol–water partition coefficient (Wildman–Crippen LogP) is -3.35. The smallest absolute Gasteiger partial charge is 0.872 e. The van der Waals surface area contributed by atoms with Crippen molar-refractivity contribution in [2.45, 2.75) is 0 Å². The first-order chi connectivity index (χ1) is 14.1. The number of para-hydroxylation sites is 2. The Labute approximate surface area is 225 Å².